The van der Waals surface area contributed by atoms with Crippen LogP contribution in [0.2, 0.25) is 0 Å². The summed E-state index contributed by atoms with van der Waals surface area (Å²) in [7, 11) is 0. The second-order valence-electron chi connectivity index (χ2n) is 4.17. The fraction of sp³-hybridized carbons (Fsp3) is 0.583. The minimum atomic E-state index is 0.898. The summed E-state index contributed by atoms with van der Waals surface area (Å²) in [5, 5.41) is 0. The first-order chi connectivity index (χ1) is 6.84. The van der Waals surface area contributed by atoms with Gasteiger partial charge in [0.1, 0.15) is 0 Å². The molecule has 76 valence electrons. The molecule has 0 atom stereocenters. The van der Waals surface area contributed by atoms with Crippen LogP contribution >= 0.6 is 22.6 Å². The second kappa shape index (κ2) is 5.10. The van der Waals surface area contributed by atoms with E-state index in [0.717, 1.165) is 5.92 Å². The van der Waals surface area contributed by atoms with Gasteiger partial charge in [-0.05, 0) is 47.1 Å². The van der Waals surface area contributed by atoms with Gasteiger partial charge in [-0.1, -0.05) is 32.1 Å². The van der Waals surface area contributed by atoms with Crippen LogP contribution in [0, 0.1) is 9.49 Å². The first kappa shape index (κ1) is 10.4. The molecule has 1 aliphatic rings. The summed E-state index contributed by atoms with van der Waals surface area (Å²) >= 11 is 2.36. The van der Waals surface area contributed by atoms with Gasteiger partial charge in [0.15, 0.2) is 0 Å². The van der Waals surface area contributed by atoms with E-state index in [1.807, 2.05) is 6.20 Å². The molecule has 0 bridgehead atoms. The zero-order chi connectivity index (χ0) is 9.80. The maximum atomic E-state index is 4.43. The van der Waals surface area contributed by atoms with Gasteiger partial charge >= 0.3 is 0 Å². The Morgan fingerprint density at radius 1 is 1.29 bits per heavy atom. The van der Waals surface area contributed by atoms with Crippen LogP contribution in [0.25, 0.3) is 0 Å². The van der Waals surface area contributed by atoms with Gasteiger partial charge in [-0.2, -0.15) is 0 Å². The van der Waals surface area contributed by atoms with Gasteiger partial charge in [0.2, 0.25) is 0 Å². The minimum absolute atomic E-state index is 0.898. The topological polar surface area (TPSA) is 12.9 Å². The molecular weight excluding hydrogens is 285 g/mol. The number of hydrogen-bond acceptors (Lipinski definition) is 1. The Labute approximate surface area is 99.5 Å². The van der Waals surface area contributed by atoms with Crippen LogP contribution in [-0.2, 0) is 6.42 Å². The predicted molar refractivity (Wildman–Crippen MR) is 67.2 cm³/mol. The zero-order valence-electron chi connectivity index (χ0n) is 8.38. The molecule has 1 aliphatic carbocycles. The van der Waals surface area contributed by atoms with Crippen molar-refractivity contribution in [2.24, 2.45) is 5.92 Å². The van der Waals surface area contributed by atoms with Crippen LogP contribution in [0.5, 0.6) is 0 Å². The van der Waals surface area contributed by atoms with Crippen molar-refractivity contribution < 1.29 is 0 Å². The predicted octanol–water partition coefficient (Wildman–Crippen LogP) is 3.81. The van der Waals surface area contributed by atoms with Crippen molar-refractivity contribution in [3.8, 4) is 0 Å². The summed E-state index contributed by atoms with van der Waals surface area (Å²) in [5.41, 5.74) is 1.28. The average Bonchev–Trinajstić information content (AvgIpc) is 2.19. The lowest BCUT2D eigenvalue weighted by Crippen LogP contribution is -2.10. The summed E-state index contributed by atoms with van der Waals surface area (Å²) in [6.07, 6.45) is 10.2. The molecule has 2 heteroatoms. The molecule has 0 spiro atoms. The summed E-state index contributed by atoms with van der Waals surface area (Å²) in [6.45, 7) is 0. The monoisotopic (exact) mass is 301 g/mol. The van der Waals surface area contributed by atoms with Crippen LogP contribution in [0.4, 0.5) is 0 Å². The van der Waals surface area contributed by atoms with Crippen molar-refractivity contribution in [1.29, 1.82) is 0 Å². The molecule has 1 nitrogen and oxygen atoms in total. The molecule has 1 aromatic rings. The highest BCUT2D eigenvalue weighted by molar-refractivity contribution is 14.1. The third-order valence-electron chi connectivity index (χ3n) is 3.00. The van der Waals surface area contributed by atoms with Gasteiger partial charge in [-0.25, -0.2) is 0 Å². The lowest BCUT2D eigenvalue weighted by Gasteiger charge is -2.20. The van der Waals surface area contributed by atoms with Crippen molar-refractivity contribution >= 4 is 22.6 Å². The van der Waals surface area contributed by atoms with E-state index in [-0.39, 0.29) is 0 Å². The van der Waals surface area contributed by atoms with E-state index in [0.29, 0.717) is 0 Å². The normalized spacial score (nSPS) is 18.4. The van der Waals surface area contributed by atoms with E-state index in [4.69, 9.17) is 0 Å². The molecule has 14 heavy (non-hydrogen) atoms. The number of nitrogens with zero attached hydrogens (tertiary/aromatic N) is 1. The van der Waals surface area contributed by atoms with Crippen molar-refractivity contribution in [3.05, 3.63) is 27.6 Å². The first-order valence-corrected chi connectivity index (χ1v) is 6.53. The zero-order valence-corrected chi connectivity index (χ0v) is 10.5. The van der Waals surface area contributed by atoms with E-state index in [9.17, 15) is 0 Å². The van der Waals surface area contributed by atoms with Gasteiger partial charge in [0.25, 0.3) is 0 Å². The fourth-order valence-corrected chi connectivity index (χ4v) is 2.77. The van der Waals surface area contributed by atoms with Crippen molar-refractivity contribution in [2.75, 3.05) is 0 Å². The smallest absolute Gasteiger partial charge is 0.0416 e. The van der Waals surface area contributed by atoms with Crippen molar-refractivity contribution in [3.63, 3.8) is 0 Å². The highest BCUT2D eigenvalue weighted by atomic mass is 127. The maximum Gasteiger partial charge on any atom is 0.0416 e. The maximum absolute atomic E-state index is 4.43. The fourth-order valence-electron chi connectivity index (χ4n) is 2.25. The molecule has 1 saturated carbocycles. The Morgan fingerprint density at radius 2 is 2.07 bits per heavy atom. The largest absolute Gasteiger partial charge is 0.261 e. The third-order valence-corrected chi connectivity index (χ3v) is 3.67. The Hall–Kier alpha value is -0.120. The van der Waals surface area contributed by atoms with Crippen LogP contribution in [0.1, 0.15) is 37.8 Å². The second-order valence-corrected chi connectivity index (χ2v) is 5.42. The van der Waals surface area contributed by atoms with Gasteiger partial charge < -0.3 is 0 Å². The Bertz CT molecular complexity index is 292. The van der Waals surface area contributed by atoms with Crippen LogP contribution in [-0.4, -0.2) is 4.98 Å². The lowest BCUT2D eigenvalue weighted by atomic mass is 9.86. The van der Waals surface area contributed by atoms with E-state index in [2.05, 4.69) is 39.7 Å². The molecule has 2 rings (SSSR count). The summed E-state index contributed by atoms with van der Waals surface area (Å²) in [6, 6.07) is 4.28. The van der Waals surface area contributed by atoms with E-state index < -0.39 is 0 Å². The molecule has 0 aromatic carbocycles. The quantitative estimate of drug-likeness (QED) is 0.757. The molecule has 0 radical (unpaired) electrons. The minimum Gasteiger partial charge on any atom is -0.261 e. The number of rotatable bonds is 2. The summed E-state index contributed by atoms with van der Waals surface area (Å²) < 4.78 is 1.31. The Morgan fingerprint density at radius 3 is 2.79 bits per heavy atom. The first-order valence-electron chi connectivity index (χ1n) is 5.45. The van der Waals surface area contributed by atoms with Gasteiger partial charge in [0, 0.05) is 15.5 Å². The molecule has 0 aliphatic heterocycles. The molecule has 0 saturated heterocycles. The number of pyridine rings is 1. The standard InChI is InChI=1S/C12H16IN/c13-11-6-7-14-12(9-11)8-10-4-2-1-3-5-10/h6-7,9-10H,1-5,8H2. The van der Waals surface area contributed by atoms with Gasteiger partial charge in [-0.3, -0.25) is 4.98 Å². The van der Waals surface area contributed by atoms with Gasteiger partial charge in [0.05, 0.1) is 0 Å². The van der Waals surface area contributed by atoms with Gasteiger partial charge in [-0.15, -0.1) is 0 Å². The van der Waals surface area contributed by atoms with Crippen molar-refractivity contribution in [1.82, 2.24) is 4.98 Å². The molecular formula is C12H16IN. The summed E-state index contributed by atoms with van der Waals surface area (Å²) in [4.78, 5) is 4.43. The van der Waals surface area contributed by atoms with Crippen LogP contribution in [0.15, 0.2) is 18.3 Å². The molecule has 1 heterocycles. The number of hydrogen-bond donors (Lipinski definition) is 0. The SMILES string of the molecule is Ic1ccnc(CC2CCCCC2)c1. The van der Waals surface area contributed by atoms with E-state index in [1.165, 1.54) is 47.8 Å². The average molecular weight is 301 g/mol. The Balaban J connectivity index is 1.95. The Kier molecular flexibility index (Phi) is 3.79. The highest BCUT2D eigenvalue weighted by Gasteiger charge is 2.14. The van der Waals surface area contributed by atoms with Crippen molar-refractivity contribution in [2.45, 2.75) is 38.5 Å². The van der Waals surface area contributed by atoms with Crippen LogP contribution in [0.3, 0.4) is 0 Å². The van der Waals surface area contributed by atoms with E-state index in [1.54, 1.807) is 0 Å². The lowest BCUT2D eigenvalue weighted by molar-refractivity contribution is 0.354. The van der Waals surface area contributed by atoms with Crippen LogP contribution < -0.4 is 0 Å². The molecule has 1 aromatic heterocycles. The molecule has 0 amide bonds. The molecule has 0 unspecified atom stereocenters. The number of halogens is 1. The number of aromatic nitrogens is 1. The molecule has 0 N–H and O–H groups in total. The summed E-state index contributed by atoms with van der Waals surface area (Å²) in [5.74, 6) is 0.898. The third kappa shape index (κ3) is 2.94. The van der Waals surface area contributed by atoms with E-state index >= 15 is 0 Å². The highest BCUT2D eigenvalue weighted by Crippen LogP contribution is 2.26. The molecule has 1 fully saturated rings.